The number of hydrogen-bond acceptors (Lipinski definition) is 5. The van der Waals surface area contributed by atoms with E-state index in [0.717, 1.165) is 18.4 Å². The van der Waals surface area contributed by atoms with Gasteiger partial charge in [-0.2, -0.15) is 5.01 Å². The van der Waals surface area contributed by atoms with Crippen molar-refractivity contribution in [3.63, 3.8) is 0 Å². The van der Waals surface area contributed by atoms with Crippen LogP contribution in [0.4, 0.5) is 4.79 Å². The summed E-state index contributed by atoms with van der Waals surface area (Å²) >= 11 is 0. The molecule has 2 heterocycles. The van der Waals surface area contributed by atoms with Crippen LogP contribution < -0.4 is 10.7 Å². The summed E-state index contributed by atoms with van der Waals surface area (Å²) in [5.74, 6) is -1.38. The van der Waals surface area contributed by atoms with Crippen LogP contribution >= 0.6 is 0 Å². The van der Waals surface area contributed by atoms with E-state index in [4.69, 9.17) is 4.74 Å². The predicted molar refractivity (Wildman–Crippen MR) is 107 cm³/mol. The number of imide groups is 1. The molecule has 1 spiro atoms. The van der Waals surface area contributed by atoms with Crippen LogP contribution in [0.3, 0.4) is 0 Å². The van der Waals surface area contributed by atoms with E-state index in [2.05, 4.69) is 17.7 Å². The number of fused-ring (bicyclic) bond motifs is 1. The maximum Gasteiger partial charge on any atom is 0.344 e. The Hall–Kier alpha value is -3.36. The lowest BCUT2D eigenvalue weighted by Gasteiger charge is -2.33. The van der Waals surface area contributed by atoms with Gasteiger partial charge in [0.25, 0.3) is 11.8 Å². The van der Waals surface area contributed by atoms with Crippen molar-refractivity contribution < 1.29 is 23.9 Å². The number of esters is 1. The molecule has 158 valence electrons. The van der Waals surface area contributed by atoms with Crippen molar-refractivity contribution in [2.75, 3.05) is 6.61 Å². The van der Waals surface area contributed by atoms with Crippen molar-refractivity contribution in [2.24, 2.45) is 13.0 Å². The van der Waals surface area contributed by atoms with E-state index in [-0.39, 0.29) is 0 Å². The number of nitrogens with one attached hydrogen (secondary N) is 2. The zero-order chi connectivity index (χ0) is 21.5. The summed E-state index contributed by atoms with van der Waals surface area (Å²) in [6.07, 6.45) is 4.38. The smallest absolute Gasteiger partial charge is 0.344 e. The molecule has 1 saturated carbocycles. The maximum absolute atomic E-state index is 12.8. The number of aryl methyl sites for hydroxylation is 1. The van der Waals surface area contributed by atoms with Crippen molar-refractivity contribution in [1.29, 1.82) is 0 Å². The Labute approximate surface area is 173 Å². The molecular weight excluding hydrogens is 388 g/mol. The van der Waals surface area contributed by atoms with E-state index in [1.54, 1.807) is 16.8 Å². The number of hydrogen-bond donors (Lipinski definition) is 2. The van der Waals surface area contributed by atoms with E-state index >= 15 is 0 Å². The third kappa shape index (κ3) is 3.40. The second-order valence-corrected chi connectivity index (χ2v) is 8.12. The van der Waals surface area contributed by atoms with Gasteiger partial charge in [0.2, 0.25) is 0 Å². The highest BCUT2D eigenvalue weighted by Gasteiger charge is 2.52. The highest BCUT2D eigenvalue weighted by atomic mass is 16.5. The second-order valence-electron chi connectivity index (χ2n) is 8.12. The number of aromatic nitrogens is 1. The predicted octanol–water partition coefficient (Wildman–Crippen LogP) is 1.87. The van der Waals surface area contributed by atoms with Crippen LogP contribution in [0.1, 0.15) is 43.0 Å². The molecule has 0 radical (unpaired) electrons. The van der Waals surface area contributed by atoms with Gasteiger partial charge < -0.3 is 14.6 Å². The molecule has 1 saturated heterocycles. The Bertz CT molecular complexity index is 1040. The van der Waals surface area contributed by atoms with Crippen molar-refractivity contribution in [3.05, 3.63) is 36.0 Å². The largest absolute Gasteiger partial charge is 0.452 e. The van der Waals surface area contributed by atoms with Gasteiger partial charge in [0.1, 0.15) is 5.54 Å². The molecule has 2 aliphatic rings. The zero-order valence-corrected chi connectivity index (χ0v) is 16.9. The van der Waals surface area contributed by atoms with Crippen molar-refractivity contribution in [3.8, 4) is 0 Å². The molecule has 2 fully saturated rings. The molecule has 1 aromatic heterocycles. The standard InChI is InChI=1S/C21H24N4O5/c1-13-7-9-21(10-8-13)19(28)25(20(29)22-21)23-17(26)12-30-18(27)15-11-24(2)16-6-4-3-5-14(15)16/h3-6,11,13H,7-10,12H2,1-2H3,(H,22,29)(H,23,26). The monoisotopic (exact) mass is 412 g/mol. The van der Waals surface area contributed by atoms with E-state index < -0.39 is 36.0 Å². The van der Waals surface area contributed by atoms with Crippen molar-refractivity contribution in [1.82, 2.24) is 20.3 Å². The molecule has 4 rings (SSSR count). The molecule has 9 nitrogen and oxygen atoms in total. The summed E-state index contributed by atoms with van der Waals surface area (Å²) in [6, 6.07) is 6.68. The Kier molecular flexibility index (Phi) is 4.97. The number of hydrazine groups is 1. The van der Waals surface area contributed by atoms with Gasteiger partial charge in [-0.25, -0.2) is 9.59 Å². The number of nitrogens with zero attached hydrogens (tertiary/aromatic N) is 2. The summed E-state index contributed by atoms with van der Waals surface area (Å²) in [5.41, 5.74) is 2.51. The molecule has 0 atom stereocenters. The molecule has 2 aromatic rings. The molecule has 1 aromatic carbocycles. The van der Waals surface area contributed by atoms with Gasteiger partial charge in [-0.05, 0) is 37.7 Å². The summed E-state index contributed by atoms with van der Waals surface area (Å²) in [5, 5.41) is 4.14. The van der Waals surface area contributed by atoms with E-state index in [1.807, 2.05) is 25.2 Å². The van der Waals surface area contributed by atoms with Crippen LogP contribution in [0.15, 0.2) is 30.5 Å². The van der Waals surface area contributed by atoms with E-state index in [0.29, 0.717) is 34.7 Å². The van der Waals surface area contributed by atoms with Gasteiger partial charge in [0.05, 0.1) is 5.56 Å². The molecule has 0 bridgehead atoms. The minimum atomic E-state index is -0.948. The molecular formula is C21H24N4O5. The fourth-order valence-electron chi connectivity index (χ4n) is 4.19. The van der Waals surface area contributed by atoms with Crippen molar-refractivity contribution in [2.45, 2.75) is 38.1 Å². The first-order valence-corrected chi connectivity index (χ1v) is 9.98. The molecule has 4 amide bonds. The number of ether oxygens (including phenoxy) is 1. The Morgan fingerprint density at radius 2 is 1.93 bits per heavy atom. The first kappa shape index (κ1) is 19.9. The highest BCUT2D eigenvalue weighted by Crippen LogP contribution is 2.35. The molecule has 30 heavy (non-hydrogen) atoms. The summed E-state index contributed by atoms with van der Waals surface area (Å²) < 4.78 is 6.90. The minimum Gasteiger partial charge on any atom is -0.452 e. The first-order valence-electron chi connectivity index (χ1n) is 9.98. The first-order chi connectivity index (χ1) is 14.3. The average Bonchev–Trinajstić information content (AvgIpc) is 3.18. The summed E-state index contributed by atoms with van der Waals surface area (Å²) in [7, 11) is 1.81. The van der Waals surface area contributed by atoms with Crippen LogP contribution in [-0.2, 0) is 21.4 Å². The summed E-state index contributed by atoms with van der Waals surface area (Å²) in [4.78, 5) is 49.7. The van der Waals surface area contributed by atoms with Crippen LogP contribution in [-0.4, -0.2) is 45.5 Å². The van der Waals surface area contributed by atoms with Gasteiger partial charge in [-0.3, -0.25) is 15.0 Å². The normalized spacial score (nSPS) is 23.7. The Morgan fingerprint density at radius 3 is 2.67 bits per heavy atom. The lowest BCUT2D eigenvalue weighted by atomic mass is 9.77. The zero-order valence-electron chi connectivity index (χ0n) is 16.9. The molecule has 1 aliphatic heterocycles. The third-order valence-electron chi connectivity index (χ3n) is 5.98. The van der Waals surface area contributed by atoms with Crippen LogP contribution in [0.2, 0.25) is 0 Å². The topological polar surface area (TPSA) is 110 Å². The fourth-order valence-corrected chi connectivity index (χ4v) is 4.19. The number of urea groups is 1. The van der Waals surface area contributed by atoms with E-state index in [1.165, 1.54) is 0 Å². The van der Waals surface area contributed by atoms with Gasteiger partial charge in [0.15, 0.2) is 6.61 Å². The van der Waals surface area contributed by atoms with Gasteiger partial charge in [-0.1, -0.05) is 25.1 Å². The number of benzene rings is 1. The fraction of sp³-hybridized carbons (Fsp3) is 0.429. The third-order valence-corrected chi connectivity index (χ3v) is 5.98. The second kappa shape index (κ2) is 7.47. The number of carbonyl (C=O) groups excluding carboxylic acids is 4. The summed E-state index contributed by atoms with van der Waals surface area (Å²) in [6.45, 7) is 1.50. The lowest BCUT2D eigenvalue weighted by molar-refractivity contribution is -0.141. The molecule has 2 N–H and O–H groups in total. The maximum atomic E-state index is 12.8. The SMILES string of the molecule is CC1CCC2(CC1)NC(=O)N(NC(=O)COC(=O)c1cn(C)c3ccccc13)C2=O. The number of amides is 4. The Morgan fingerprint density at radius 1 is 1.23 bits per heavy atom. The van der Waals surface area contributed by atoms with Gasteiger partial charge >= 0.3 is 12.0 Å². The average molecular weight is 412 g/mol. The number of para-hydroxylation sites is 1. The van der Waals surface area contributed by atoms with E-state index in [9.17, 15) is 19.2 Å². The lowest BCUT2D eigenvalue weighted by Crippen LogP contribution is -2.52. The van der Waals surface area contributed by atoms with Crippen LogP contribution in [0.5, 0.6) is 0 Å². The van der Waals surface area contributed by atoms with Gasteiger partial charge in [0, 0.05) is 24.1 Å². The number of rotatable bonds is 4. The molecule has 9 heteroatoms. The molecule has 0 unspecified atom stereocenters. The van der Waals surface area contributed by atoms with Crippen LogP contribution in [0.25, 0.3) is 10.9 Å². The minimum absolute atomic E-state index is 0.339. The van der Waals surface area contributed by atoms with Gasteiger partial charge in [-0.15, -0.1) is 0 Å². The quantitative estimate of drug-likeness (QED) is 0.589. The van der Waals surface area contributed by atoms with Crippen LogP contribution in [0, 0.1) is 5.92 Å². The molecule has 1 aliphatic carbocycles. The van der Waals surface area contributed by atoms with Crippen molar-refractivity contribution >= 4 is 34.7 Å². The Balaban J connectivity index is 1.37. The highest BCUT2D eigenvalue weighted by molar-refractivity contribution is 6.08. The number of carbonyl (C=O) groups is 4.